The van der Waals surface area contributed by atoms with Crippen molar-refractivity contribution in [3.05, 3.63) is 54.2 Å². The van der Waals surface area contributed by atoms with Crippen LogP contribution >= 0.6 is 0 Å². The van der Waals surface area contributed by atoms with Gasteiger partial charge in [-0.05, 0) is 31.9 Å². The van der Waals surface area contributed by atoms with Crippen LogP contribution in [-0.2, 0) is 32.0 Å². The second-order valence-electron chi connectivity index (χ2n) is 8.31. The van der Waals surface area contributed by atoms with Gasteiger partial charge in [0.2, 0.25) is 17.7 Å². The molecule has 3 aromatic rings. The summed E-state index contributed by atoms with van der Waals surface area (Å²) < 4.78 is 0. The number of hydrogen-bond donors (Lipinski definition) is 7. The number of carboxylic acid groups (broad SMARTS) is 1. The summed E-state index contributed by atoms with van der Waals surface area (Å²) in [6.45, 7) is 2.78. The molecule has 2 aromatic heterocycles. The van der Waals surface area contributed by atoms with Gasteiger partial charge in [-0.25, -0.2) is 4.98 Å². The second-order valence-corrected chi connectivity index (χ2v) is 8.31. The smallest absolute Gasteiger partial charge is 0.325 e. The number of nitrogens with one attached hydrogen (secondary N) is 5. The maximum atomic E-state index is 12.8. The Morgan fingerprint density at radius 2 is 1.69 bits per heavy atom. The lowest BCUT2D eigenvalue weighted by Gasteiger charge is -2.22. The lowest BCUT2D eigenvalue weighted by atomic mass is 10.0. The third kappa shape index (κ3) is 6.67. The third-order valence-electron chi connectivity index (χ3n) is 5.54. The van der Waals surface area contributed by atoms with Crippen LogP contribution < -0.4 is 21.7 Å². The molecule has 186 valence electrons. The summed E-state index contributed by atoms with van der Waals surface area (Å²) in [6.07, 6.45) is 5.02. The highest BCUT2D eigenvalue weighted by atomic mass is 16.4. The van der Waals surface area contributed by atoms with Gasteiger partial charge in [-0.15, -0.1) is 0 Å². The van der Waals surface area contributed by atoms with Crippen LogP contribution in [0.25, 0.3) is 10.9 Å². The van der Waals surface area contributed by atoms with Crippen molar-refractivity contribution in [1.82, 2.24) is 30.9 Å². The van der Waals surface area contributed by atoms with Crippen LogP contribution in [0, 0.1) is 0 Å². The molecule has 0 bridgehead atoms. The number of aromatic nitrogens is 3. The first-order valence-electron chi connectivity index (χ1n) is 11.1. The van der Waals surface area contributed by atoms with Crippen molar-refractivity contribution in [2.45, 2.75) is 50.9 Å². The van der Waals surface area contributed by atoms with E-state index in [1.54, 1.807) is 6.20 Å². The van der Waals surface area contributed by atoms with E-state index in [-0.39, 0.29) is 12.8 Å². The van der Waals surface area contributed by atoms with Gasteiger partial charge in [0.1, 0.15) is 18.1 Å². The zero-order valence-corrected chi connectivity index (χ0v) is 19.4. The molecule has 12 nitrogen and oxygen atoms in total. The van der Waals surface area contributed by atoms with Crippen LogP contribution in [0.3, 0.4) is 0 Å². The predicted molar refractivity (Wildman–Crippen MR) is 127 cm³/mol. The van der Waals surface area contributed by atoms with Gasteiger partial charge in [-0.2, -0.15) is 0 Å². The fraction of sp³-hybridized carbons (Fsp3) is 0.348. The van der Waals surface area contributed by atoms with E-state index in [1.165, 1.54) is 26.4 Å². The molecule has 4 atom stereocenters. The first-order valence-corrected chi connectivity index (χ1v) is 11.1. The van der Waals surface area contributed by atoms with Gasteiger partial charge in [0.05, 0.1) is 12.4 Å². The number of fused-ring (bicyclic) bond motifs is 1. The lowest BCUT2D eigenvalue weighted by molar-refractivity contribution is -0.141. The quantitative estimate of drug-likeness (QED) is 0.192. The fourth-order valence-electron chi connectivity index (χ4n) is 3.51. The molecular weight excluding hydrogens is 454 g/mol. The molecular formula is C23H29N7O5. The molecule has 0 spiro atoms. The van der Waals surface area contributed by atoms with Crippen LogP contribution in [0.1, 0.15) is 25.1 Å². The summed E-state index contributed by atoms with van der Waals surface area (Å²) in [5.41, 5.74) is 8.45. The van der Waals surface area contributed by atoms with Crippen LogP contribution in [0.5, 0.6) is 0 Å². The van der Waals surface area contributed by atoms with Gasteiger partial charge >= 0.3 is 5.97 Å². The topological polar surface area (TPSA) is 195 Å². The molecule has 0 aliphatic heterocycles. The summed E-state index contributed by atoms with van der Waals surface area (Å²) in [4.78, 5) is 59.0. The zero-order valence-electron chi connectivity index (χ0n) is 19.4. The third-order valence-corrected chi connectivity index (χ3v) is 5.54. The van der Waals surface area contributed by atoms with Gasteiger partial charge in [0, 0.05) is 35.4 Å². The highest BCUT2D eigenvalue weighted by Gasteiger charge is 2.28. The Balaban J connectivity index is 1.60. The number of aromatic amines is 2. The number of nitrogens with two attached hydrogens (primary N) is 1. The van der Waals surface area contributed by atoms with Gasteiger partial charge in [-0.1, -0.05) is 18.2 Å². The number of carbonyl (C=O) groups excluding carboxylic acids is 3. The highest BCUT2D eigenvalue weighted by Crippen LogP contribution is 2.18. The summed E-state index contributed by atoms with van der Waals surface area (Å²) in [7, 11) is 0. The van der Waals surface area contributed by atoms with Crippen molar-refractivity contribution in [2.75, 3.05) is 0 Å². The molecule has 0 fully saturated rings. The molecule has 8 N–H and O–H groups in total. The number of aliphatic carboxylic acids is 1. The number of H-pyrrole nitrogens is 2. The van der Waals surface area contributed by atoms with E-state index in [1.807, 2.05) is 24.3 Å². The molecule has 0 saturated carbocycles. The maximum Gasteiger partial charge on any atom is 0.325 e. The van der Waals surface area contributed by atoms with Crippen molar-refractivity contribution < 1.29 is 24.3 Å². The summed E-state index contributed by atoms with van der Waals surface area (Å²) in [5.74, 6) is -3.04. The average molecular weight is 484 g/mol. The molecule has 12 heteroatoms. The Labute approximate surface area is 201 Å². The fourth-order valence-corrected chi connectivity index (χ4v) is 3.51. The van der Waals surface area contributed by atoms with Crippen molar-refractivity contribution in [2.24, 2.45) is 5.73 Å². The number of carboxylic acids is 1. The van der Waals surface area contributed by atoms with E-state index in [0.29, 0.717) is 5.69 Å². The van der Waals surface area contributed by atoms with E-state index in [2.05, 4.69) is 30.9 Å². The van der Waals surface area contributed by atoms with Crippen molar-refractivity contribution in [1.29, 1.82) is 0 Å². The van der Waals surface area contributed by atoms with Crippen LogP contribution in [0.2, 0.25) is 0 Å². The SMILES string of the molecule is CC(NC(=O)C(Cc1cnc[nH]1)NC(=O)C(C)NC(=O)C(N)Cc1c[nH]c2ccccc12)C(=O)O. The molecule has 35 heavy (non-hydrogen) atoms. The molecule has 1 aromatic carbocycles. The predicted octanol–water partition coefficient (Wildman–Crippen LogP) is -0.418. The van der Waals surface area contributed by atoms with E-state index in [0.717, 1.165) is 16.5 Å². The molecule has 0 aliphatic rings. The van der Waals surface area contributed by atoms with E-state index in [9.17, 15) is 19.2 Å². The van der Waals surface area contributed by atoms with Crippen LogP contribution in [-0.4, -0.2) is 67.9 Å². The van der Waals surface area contributed by atoms with Gasteiger partial charge < -0.3 is 36.8 Å². The first kappa shape index (κ1) is 25.4. The van der Waals surface area contributed by atoms with E-state index in [4.69, 9.17) is 10.8 Å². The number of nitrogens with zero attached hydrogens (tertiary/aromatic N) is 1. The van der Waals surface area contributed by atoms with Crippen LogP contribution in [0.4, 0.5) is 0 Å². The second kappa shape index (κ2) is 11.3. The lowest BCUT2D eigenvalue weighted by Crippen LogP contribution is -2.56. The Morgan fingerprint density at radius 1 is 0.971 bits per heavy atom. The van der Waals surface area contributed by atoms with Gasteiger partial charge in [-0.3, -0.25) is 19.2 Å². The van der Waals surface area contributed by atoms with E-state index >= 15 is 0 Å². The molecule has 4 unspecified atom stereocenters. The normalized spacial score (nSPS) is 14.5. The molecule has 0 saturated heterocycles. The van der Waals surface area contributed by atoms with Crippen molar-refractivity contribution in [3.8, 4) is 0 Å². The Bertz CT molecular complexity index is 1190. The van der Waals surface area contributed by atoms with Crippen molar-refractivity contribution in [3.63, 3.8) is 0 Å². The van der Waals surface area contributed by atoms with Crippen LogP contribution in [0.15, 0.2) is 43.0 Å². The van der Waals surface area contributed by atoms with E-state index < -0.39 is 47.9 Å². The Kier molecular flexibility index (Phi) is 8.21. The molecule has 3 amide bonds. The number of imidazole rings is 1. The summed E-state index contributed by atoms with van der Waals surface area (Å²) >= 11 is 0. The molecule has 0 aliphatic carbocycles. The largest absolute Gasteiger partial charge is 0.480 e. The first-order chi connectivity index (χ1) is 16.7. The standard InChI is InChI=1S/C23H29N7O5/c1-12(28-21(32)17(24)7-14-9-26-18-6-4-3-5-16(14)18)20(31)30-19(8-15-10-25-11-27-15)22(33)29-13(2)23(34)35/h3-6,9-13,17,19,26H,7-8,24H2,1-2H3,(H,25,27)(H,28,32)(H,29,33)(H,30,31)(H,34,35). The maximum absolute atomic E-state index is 12.8. The molecule has 3 rings (SSSR count). The highest BCUT2D eigenvalue weighted by molar-refractivity contribution is 5.94. The summed E-state index contributed by atoms with van der Waals surface area (Å²) in [5, 5.41) is 17.5. The minimum atomic E-state index is -1.21. The van der Waals surface area contributed by atoms with Gasteiger partial charge in [0.25, 0.3) is 0 Å². The Hall–Kier alpha value is -4.19. The number of rotatable bonds is 11. The molecule has 2 heterocycles. The van der Waals surface area contributed by atoms with Crippen molar-refractivity contribution >= 4 is 34.6 Å². The number of hydrogen-bond acceptors (Lipinski definition) is 6. The minimum Gasteiger partial charge on any atom is -0.480 e. The average Bonchev–Trinajstić information content (AvgIpc) is 3.48. The number of amides is 3. The van der Waals surface area contributed by atoms with Gasteiger partial charge in [0.15, 0.2) is 0 Å². The summed E-state index contributed by atoms with van der Waals surface area (Å²) in [6, 6.07) is 3.51. The number of benzene rings is 1. The zero-order chi connectivity index (χ0) is 25.5. The molecule has 0 radical (unpaired) electrons. The number of carbonyl (C=O) groups is 4. The monoisotopic (exact) mass is 483 g/mol. The number of para-hydroxylation sites is 1. The Morgan fingerprint density at radius 3 is 2.37 bits per heavy atom. The minimum absolute atomic E-state index is 0.0463.